The second kappa shape index (κ2) is 13.0. The molecule has 0 aliphatic carbocycles. The lowest BCUT2D eigenvalue weighted by atomic mass is 10.1. The molecule has 3 aromatic heterocycles. The van der Waals surface area contributed by atoms with Gasteiger partial charge in [-0.25, -0.2) is 27.7 Å². The highest BCUT2D eigenvalue weighted by molar-refractivity contribution is 5.84. The molecule has 236 valence electrons. The summed E-state index contributed by atoms with van der Waals surface area (Å²) in [4.78, 5) is 22.4. The first-order chi connectivity index (χ1) is 22.7. The number of benzene rings is 3. The van der Waals surface area contributed by atoms with Gasteiger partial charge in [0.15, 0.2) is 5.82 Å². The van der Waals surface area contributed by atoms with E-state index in [4.69, 9.17) is 10.5 Å². The molecule has 4 N–H and O–H groups in total. The van der Waals surface area contributed by atoms with Gasteiger partial charge in [-0.15, -0.1) is 0 Å². The van der Waals surface area contributed by atoms with Crippen molar-refractivity contribution in [2.75, 3.05) is 17.7 Å². The molecule has 3 aromatic carbocycles. The lowest BCUT2D eigenvalue weighted by molar-refractivity contribution is 0.114. The van der Waals surface area contributed by atoms with Gasteiger partial charge >= 0.3 is 0 Å². The number of rotatable bonds is 10. The maximum Gasteiger partial charge on any atom is 0.283 e. The number of nitriles is 1. The molecular weight excluding hydrogens is 613 g/mol. The van der Waals surface area contributed by atoms with Gasteiger partial charge in [-0.2, -0.15) is 10.4 Å². The third-order valence-corrected chi connectivity index (χ3v) is 7.27. The number of halogens is 3. The Morgan fingerprint density at radius 1 is 1.00 bits per heavy atom. The van der Waals surface area contributed by atoms with Crippen molar-refractivity contribution in [1.29, 1.82) is 5.26 Å². The van der Waals surface area contributed by atoms with Gasteiger partial charge in [0.2, 0.25) is 0 Å². The molecule has 0 fully saturated rings. The first-order valence-electron chi connectivity index (χ1n) is 14.2. The Morgan fingerprint density at radius 2 is 1.74 bits per heavy atom. The number of nitrogens with zero attached hydrogens (tertiary/aromatic N) is 6. The molecule has 14 heteroatoms. The molecule has 0 spiro atoms. The fraction of sp³-hybridized carbons (Fsp3) is 0.121. The highest BCUT2D eigenvalue weighted by Crippen LogP contribution is 2.35. The van der Waals surface area contributed by atoms with Crippen LogP contribution in [0.25, 0.3) is 22.3 Å². The van der Waals surface area contributed by atoms with Crippen LogP contribution in [0.3, 0.4) is 0 Å². The van der Waals surface area contributed by atoms with Crippen LogP contribution in [0.4, 0.5) is 24.8 Å². The first kappa shape index (κ1) is 30.8. The van der Waals surface area contributed by atoms with Crippen molar-refractivity contribution in [3.05, 3.63) is 130 Å². The van der Waals surface area contributed by atoms with E-state index in [1.807, 2.05) is 36.4 Å². The monoisotopic (exact) mass is 638 g/mol. The smallest absolute Gasteiger partial charge is 0.283 e. The fourth-order valence-corrected chi connectivity index (χ4v) is 5.23. The summed E-state index contributed by atoms with van der Waals surface area (Å²) < 4.78 is 51.6. The number of aromatic nitrogens is 5. The van der Waals surface area contributed by atoms with Crippen molar-refractivity contribution in [2.24, 2.45) is 0 Å². The van der Waals surface area contributed by atoms with E-state index in [2.05, 4.69) is 20.4 Å². The van der Waals surface area contributed by atoms with Crippen LogP contribution in [0.2, 0.25) is 0 Å². The highest BCUT2D eigenvalue weighted by Gasteiger charge is 2.26. The summed E-state index contributed by atoms with van der Waals surface area (Å²) in [6.07, 6.45) is 2.70. The van der Waals surface area contributed by atoms with E-state index in [-0.39, 0.29) is 70.7 Å². The van der Waals surface area contributed by atoms with Crippen LogP contribution in [0, 0.1) is 28.8 Å². The van der Waals surface area contributed by atoms with Crippen molar-refractivity contribution in [3.63, 3.8) is 0 Å². The Morgan fingerprint density at radius 3 is 2.47 bits per heavy atom. The number of phenols is 1. The van der Waals surface area contributed by atoms with Gasteiger partial charge in [-0.05, 0) is 47.9 Å². The molecule has 0 unspecified atom stereocenters. The quantitative estimate of drug-likeness (QED) is 0.170. The van der Waals surface area contributed by atoms with Crippen molar-refractivity contribution in [3.8, 4) is 28.6 Å². The summed E-state index contributed by atoms with van der Waals surface area (Å²) in [7, 11) is 0. The number of nitrogens with two attached hydrogens (primary N) is 1. The number of fused-ring (bicyclic) bond motifs is 1. The molecule has 0 aliphatic heterocycles. The number of nitrogens with one attached hydrogen (secondary N) is 1. The predicted octanol–water partition coefficient (Wildman–Crippen LogP) is 5.28. The van der Waals surface area contributed by atoms with Crippen LogP contribution in [-0.2, 0) is 11.3 Å². The Kier molecular flexibility index (Phi) is 8.54. The third kappa shape index (κ3) is 6.46. The fourth-order valence-electron chi connectivity index (χ4n) is 5.23. The molecule has 6 aromatic rings. The Balaban J connectivity index is 1.51. The van der Waals surface area contributed by atoms with Crippen LogP contribution < -0.4 is 16.6 Å². The zero-order valence-electron chi connectivity index (χ0n) is 24.4. The zero-order chi connectivity index (χ0) is 33.1. The third-order valence-electron chi connectivity index (χ3n) is 7.27. The molecule has 6 rings (SSSR count). The zero-order valence-corrected chi connectivity index (χ0v) is 24.4. The standard InChI is InChI=1S/C33H25F3N8O3/c34-22-10-21(11-26(45)15-22)28-30(38)39-18-40-31(28)41-27(7-9-47-17-19-4-2-1-3-5-19)32-42-43-8-6-20(16-37)29(43)33(46)44(32)25-13-23(35)12-24(36)14-25/h1-6,8,10-15,18,27,45H,7,9,17H2,(H3,38,39,40,41)/t27-/m0/s1. The number of hydrogen-bond acceptors (Lipinski definition) is 9. The van der Waals surface area contributed by atoms with E-state index < -0.39 is 29.1 Å². The lowest BCUT2D eigenvalue weighted by Gasteiger charge is -2.24. The van der Waals surface area contributed by atoms with Gasteiger partial charge in [0.25, 0.3) is 5.56 Å². The minimum absolute atomic E-state index is 0.00662. The molecule has 0 saturated carbocycles. The number of nitrogen functional groups attached to an aromatic ring is 1. The topological polar surface area (TPSA) is 156 Å². The minimum Gasteiger partial charge on any atom is -0.508 e. The Labute approximate surface area is 265 Å². The average Bonchev–Trinajstić information content (AvgIpc) is 3.45. The molecule has 0 aliphatic rings. The van der Waals surface area contributed by atoms with Crippen LogP contribution >= 0.6 is 0 Å². The SMILES string of the molecule is N#Cc1ccn2nc([C@H](CCOCc3ccccc3)Nc3ncnc(N)c3-c3cc(O)cc(F)c3)n(-c3cc(F)cc(F)c3)c(=O)c12. The summed E-state index contributed by atoms with van der Waals surface area (Å²) in [5.41, 5.74) is 6.36. The van der Waals surface area contributed by atoms with E-state index >= 15 is 0 Å². The van der Waals surface area contributed by atoms with Crippen molar-refractivity contribution in [1.82, 2.24) is 24.1 Å². The van der Waals surface area contributed by atoms with Gasteiger partial charge < -0.3 is 20.9 Å². The number of phenolic OH excluding ortho intramolecular Hbond substituents is 1. The van der Waals surface area contributed by atoms with Gasteiger partial charge in [0, 0.05) is 24.9 Å². The van der Waals surface area contributed by atoms with E-state index in [0.29, 0.717) is 6.07 Å². The summed E-state index contributed by atoms with van der Waals surface area (Å²) in [5.74, 6) is -3.00. The maximum atomic E-state index is 14.5. The summed E-state index contributed by atoms with van der Waals surface area (Å²) in [6, 6.07) is 17.7. The average molecular weight is 639 g/mol. The summed E-state index contributed by atoms with van der Waals surface area (Å²) in [6.45, 7) is 0.364. The number of aromatic hydroxyl groups is 1. The molecule has 1 atom stereocenters. The van der Waals surface area contributed by atoms with Gasteiger partial charge in [0.05, 0.1) is 29.5 Å². The normalized spacial score (nSPS) is 11.8. The maximum absolute atomic E-state index is 14.5. The highest BCUT2D eigenvalue weighted by atomic mass is 19.1. The van der Waals surface area contributed by atoms with E-state index in [1.165, 1.54) is 29.2 Å². The van der Waals surface area contributed by atoms with E-state index in [1.54, 1.807) is 0 Å². The second-order valence-corrected chi connectivity index (χ2v) is 10.5. The number of ether oxygens (including phenoxy) is 1. The minimum atomic E-state index is -0.975. The molecule has 3 heterocycles. The summed E-state index contributed by atoms with van der Waals surface area (Å²) >= 11 is 0. The molecule has 0 radical (unpaired) electrons. The Hall–Kier alpha value is -6.20. The number of hydrogen-bond donors (Lipinski definition) is 3. The largest absolute Gasteiger partial charge is 0.508 e. The Bertz CT molecular complexity index is 2160. The molecule has 0 saturated heterocycles. The second-order valence-electron chi connectivity index (χ2n) is 10.5. The summed E-state index contributed by atoms with van der Waals surface area (Å²) in [5, 5.41) is 27.6. The van der Waals surface area contributed by atoms with Crippen molar-refractivity contribution >= 4 is 17.2 Å². The van der Waals surface area contributed by atoms with Crippen LogP contribution in [0.15, 0.2) is 90.1 Å². The van der Waals surface area contributed by atoms with Crippen LogP contribution in [-0.4, -0.2) is 35.9 Å². The van der Waals surface area contributed by atoms with E-state index in [9.17, 15) is 28.3 Å². The molecule has 47 heavy (non-hydrogen) atoms. The molecule has 11 nitrogen and oxygen atoms in total. The van der Waals surface area contributed by atoms with Crippen molar-refractivity contribution < 1.29 is 23.0 Å². The van der Waals surface area contributed by atoms with Crippen LogP contribution in [0.5, 0.6) is 5.75 Å². The first-order valence-corrected chi connectivity index (χ1v) is 14.2. The van der Waals surface area contributed by atoms with Gasteiger partial charge in [-0.1, -0.05) is 30.3 Å². The lowest BCUT2D eigenvalue weighted by Crippen LogP contribution is -2.31. The molecular formula is C33H25F3N8O3. The molecule has 0 amide bonds. The number of anilines is 2. The van der Waals surface area contributed by atoms with E-state index in [0.717, 1.165) is 34.4 Å². The van der Waals surface area contributed by atoms with Crippen molar-refractivity contribution in [2.45, 2.75) is 19.1 Å². The van der Waals surface area contributed by atoms with Crippen LogP contribution in [0.1, 0.15) is 29.4 Å². The predicted molar refractivity (Wildman–Crippen MR) is 166 cm³/mol. The van der Waals surface area contributed by atoms with Gasteiger partial charge in [-0.3, -0.25) is 9.36 Å². The van der Waals surface area contributed by atoms with Gasteiger partial charge in [0.1, 0.15) is 52.8 Å². The molecule has 0 bridgehead atoms.